The van der Waals surface area contributed by atoms with E-state index >= 15 is 0 Å². The number of carbonyl (C=O) groups is 1. The maximum atomic E-state index is 13.9. The van der Waals surface area contributed by atoms with Crippen molar-refractivity contribution in [3.63, 3.8) is 0 Å². The Bertz CT molecular complexity index is 1640. The van der Waals surface area contributed by atoms with E-state index in [0.717, 1.165) is 42.6 Å². The van der Waals surface area contributed by atoms with Crippen molar-refractivity contribution in [2.75, 3.05) is 5.32 Å². The van der Waals surface area contributed by atoms with Crippen LogP contribution in [0.2, 0.25) is 5.02 Å². The third kappa shape index (κ3) is 5.30. The van der Waals surface area contributed by atoms with E-state index in [1.54, 1.807) is 0 Å². The van der Waals surface area contributed by atoms with E-state index < -0.39 is 68.1 Å². The molecule has 2 aromatic carbocycles. The second-order valence-corrected chi connectivity index (χ2v) is 13.7. The quantitative estimate of drug-likeness (QED) is 0.305. The first-order valence-corrected chi connectivity index (χ1v) is 15.2. The average Bonchev–Trinajstić information content (AvgIpc) is 3.06. The SMILES string of the molecule is C[C@H]1CC2CC(S(=O)(=O)c3cc(C(=O)Nc4ccc(F)c(F)c4)ccc3Cl)CC1[C@@]2(O)C(O)C(O)c1cc(F)ccn1. The Labute approximate surface area is 245 Å². The maximum absolute atomic E-state index is 13.9. The zero-order valence-electron chi connectivity index (χ0n) is 22.2. The molecular formula is C29H28ClF3N2O6S. The van der Waals surface area contributed by atoms with Crippen LogP contribution in [-0.2, 0) is 9.84 Å². The summed E-state index contributed by atoms with van der Waals surface area (Å²) in [7, 11) is -4.18. The van der Waals surface area contributed by atoms with Crippen molar-refractivity contribution in [2.24, 2.45) is 17.8 Å². The number of sulfone groups is 1. The number of nitrogens with zero attached hydrogens (tertiary/aromatic N) is 1. The number of carbonyl (C=O) groups excluding carboxylic acids is 1. The van der Waals surface area contributed by atoms with Gasteiger partial charge in [0.05, 0.1) is 26.5 Å². The van der Waals surface area contributed by atoms with Gasteiger partial charge in [-0.1, -0.05) is 18.5 Å². The standard InChI is InChI=1S/C29H28ClF3N2O6S/c1-14-8-16-10-19(13-20(14)29(16,39)27(37)26(36)24-11-17(31)6-7-34-24)42(40,41)25-9-15(2-4-21(25)30)28(38)35-18-3-5-22(32)23(33)12-18/h2-7,9,11-12,14,16,19-20,26-27,36-37,39H,8,10,13H2,1H3,(H,35,38)/t14-,16?,19?,20?,26?,27?,29+/m0/s1. The maximum Gasteiger partial charge on any atom is 0.255 e. The van der Waals surface area contributed by atoms with Gasteiger partial charge in [-0.3, -0.25) is 9.78 Å². The molecule has 0 spiro atoms. The molecule has 0 aliphatic heterocycles. The smallest absolute Gasteiger partial charge is 0.255 e. The van der Waals surface area contributed by atoms with Crippen LogP contribution in [0.3, 0.4) is 0 Å². The zero-order chi connectivity index (χ0) is 30.6. The molecule has 0 radical (unpaired) electrons. The zero-order valence-corrected chi connectivity index (χ0v) is 23.8. The van der Waals surface area contributed by atoms with E-state index in [4.69, 9.17) is 11.6 Å². The molecule has 2 fully saturated rings. The lowest BCUT2D eigenvalue weighted by atomic mass is 9.68. The first-order chi connectivity index (χ1) is 19.7. The molecule has 5 rings (SSSR count). The summed E-state index contributed by atoms with van der Waals surface area (Å²) in [6.07, 6.45) is -2.12. The molecule has 224 valence electrons. The van der Waals surface area contributed by atoms with Crippen LogP contribution in [-0.4, -0.2) is 51.6 Å². The molecular weight excluding hydrogens is 597 g/mol. The highest BCUT2D eigenvalue weighted by Gasteiger charge is 2.62. The van der Waals surface area contributed by atoms with Crippen LogP contribution in [0.4, 0.5) is 18.9 Å². The summed E-state index contributed by atoms with van der Waals surface area (Å²) >= 11 is 6.29. The molecule has 42 heavy (non-hydrogen) atoms. The molecule has 1 heterocycles. The van der Waals surface area contributed by atoms with Gasteiger partial charge in [-0.2, -0.15) is 0 Å². The Morgan fingerprint density at radius 3 is 2.45 bits per heavy atom. The van der Waals surface area contributed by atoms with Crippen LogP contribution >= 0.6 is 11.6 Å². The van der Waals surface area contributed by atoms with Crippen LogP contribution in [0.1, 0.15) is 48.3 Å². The van der Waals surface area contributed by atoms with Gasteiger partial charge in [-0.25, -0.2) is 21.6 Å². The van der Waals surface area contributed by atoms with E-state index in [-0.39, 0.29) is 45.6 Å². The van der Waals surface area contributed by atoms with Crippen LogP contribution in [0.25, 0.3) is 0 Å². The number of aliphatic hydroxyl groups excluding tert-OH is 2. The predicted molar refractivity (Wildman–Crippen MR) is 147 cm³/mol. The van der Waals surface area contributed by atoms with Gasteiger partial charge in [0, 0.05) is 23.5 Å². The molecule has 7 atom stereocenters. The highest BCUT2D eigenvalue weighted by Crippen LogP contribution is 2.57. The molecule has 0 saturated heterocycles. The first-order valence-electron chi connectivity index (χ1n) is 13.2. The normalized spacial score (nSPS) is 27.0. The molecule has 2 aliphatic carbocycles. The predicted octanol–water partition coefficient (Wildman–Crippen LogP) is 4.44. The van der Waals surface area contributed by atoms with Gasteiger partial charge in [0.15, 0.2) is 21.5 Å². The van der Waals surface area contributed by atoms with E-state index in [1.807, 2.05) is 6.92 Å². The van der Waals surface area contributed by atoms with Gasteiger partial charge in [0.25, 0.3) is 5.91 Å². The molecule has 13 heteroatoms. The molecule has 1 amide bonds. The fraction of sp³-hybridized carbons (Fsp3) is 0.379. The Hall–Kier alpha value is -3.03. The number of aliphatic hydroxyl groups is 3. The summed E-state index contributed by atoms with van der Waals surface area (Å²) in [5.74, 6) is -5.41. The number of aromatic nitrogens is 1. The van der Waals surface area contributed by atoms with E-state index in [9.17, 15) is 41.7 Å². The van der Waals surface area contributed by atoms with Crippen molar-refractivity contribution < 1.29 is 41.7 Å². The van der Waals surface area contributed by atoms with Crippen molar-refractivity contribution in [2.45, 2.75) is 54.1 Å². The fourth-order valence-corrected chi connectivity index (χ4v) is 8.87. The first kappa shape index (κ1) is 30.4. The Morgan fingerprint density at radius 1 is 1.05 bits per heavy atom. The van der Waals surface area contributed by atoms with Gasteiger partial charge >= 0.3 is 0 Å². The number of pyridine rings is 1. The highest BCUT2D eigenvalue weighted by molar-refractivity contribution is 7.92. The second kappa shape index (κ2) is 11.2. The minimum atomic E-state index is -4.18. The molecule has 1 aromatic heterocycles. The Balaban J connectivity index is 1.39. The second-order valence-electron chi connectivity index (χ2n) is 11.1. The third-order valence-electron chi connectivity index (χ3n) is 8.59. The number of hydrogen-bond donors (Lipinski definition) is 4. The molecule has 4 N–H and O–H groups in total. The topological polar surface area (TPSA) is 137 Å². The molecule has 2 aliphatic rings. The Kier molecular flexibility index (Phi) is 8.14. The van der Waals surface area contributed by atoms with Gasteiger partial charge < -0.3 is 20.6 Å². The van der Waals surface area contributed by atoms with Gasteiger partial charge in [0.1, 0.15) is 18.0 Å². The highest BCUT2D eigenvalue weighted by atomic mass is 35.5. The molecule has 5 unspecified atom stereocenters. The van der Waals surface area contributed by atoms with Gasteiger partial charge in [0.2, 0.25) is 0 Å². The van der Waals surface area contributed by atoms with E-state index in [1.165, 1.54) is 12.1 Å². The van der Waals surface area contributed by atoms with Crippen molar-refractivity contribution in [1.29, 1.82) is 0 Å². The van der Waals surface area contributed by atoms with Crippen molar-refractivity contribution in [1.82, 2.24) is 4.98 Å². The number of fused-ring (bicyclic) bond motifs is 2. The largest absolute Gasteiger partial charge is 0.387 e. The molecule has 3 aromatic rings. The lowest BCUT2D eigenvalue weighted by molar-refractivity contribution is -0.180. The van der Waals surface area contributed by atoms with Crippen LogP contribution in [0.5, 0.6) is 0 Å². The third-order valence-corrected chi connectivity index (χ3v) is 11.2. The lowest BCUT2D eigenvalue weighted by Gasteiger charge is -2.46. The fourth-order valence-electron chi connectivity index (χ4n) is 6.49. The number of amides is 1. The molecule has 2 bridgehead atoms. The van der Waals surface area contributed by atoms with Crippen LogP contribution < -0.4 is 5.32 Å². The summed E-state index contributed by atoms with van der Waals surface area (Å²) in [5, 5.41) is 34.9. The molecule has 2 saturated carbocycles. The minimum absolute atomic E-state index is 0.0374. The van der Waals surface area contributed by atoms with Crippen molar-refractivity contribution >= 4 is 33.0 Å². The summed E-state index contributed by atoms with van der Waals surface area (Å²) in [4.78, 5) is 16.4. The summed E-state index contributed by atoms with van der Waals surface area (Å²) in [6, 6.07) is 8.45. The number of halogens is 4. The van der Waals surface area contributed by atoms with Crippen LogP contribution in [0, 0.1) is 35.2 Å². The summed E-state index contributed by atoms with van der Waals surface area (Å²) < 4.78 is 68.3. The number of hydrogen-bond acceptors (Lipinski definition) is 7. The number of rotatable bonds is 7. The van der Waals surface area contributed by atoms with E-state index in [2.05, 4.69) is 10.3 Å². The van der Waals surface area contributed by atoms with Gasteiger partial charge in [-0.05, 0) is 79.5 Å². The Morgan fingerprint density at radius 2 is 1.79 bits per heavy atom. The molecule has 8 nitrogen and oxygen atoms in total. The van der Waals surface area contributed by atoms with Crippen molar-refractivity contribution in [3.05, 3.63) is 88.5 Å². The monoisotopic (exact) mass is 624 g/mol. The van der Waals surface area contributed by atoms with Gasteiger partial charge in [-0.15, -0.1) is 0 Å². The number of nitrogens with one attached hydrogen (secondary N) is 1. The lowest BCUT2D eigenvalue weighted by Crippen LogP contribution is -2.58. The average molecular weight is 625 g/mol. The summed E-state index contributed by atoms with van der Waals surface area (Å²) in [6.45, 7) is 1.82. The minimum Gasteiger partial charge on any atom is -0.387 e. The van der Waals surface area contributed by atoms with E-state index in [0.29, 0.717) is 6.42 Å². The van der Waals surface area contributed by atoms with Crippen molar-refractivity contribution in [3.8, 4) is 0 Å². The number of benzene rings is 2. The van der Waals surface area contributed by atoms with Crippen LogP contribution in [0.15, 0.2) is 59.6 Å². The number of anilines is 1. The summed E-state index contributed by atoms with van der Waals surface area (Å²) in [5.41, 5.74) is -2.16.